The fourth-order valence-electron chi connectivity index (χ4n) is 5.77. The second kappa shape index (κ2) is 8.57. The van der Waals surface area contributed by atoms with E-state index >= 15 is 0 Å². The first-order valence-corrected chi connectivity index (χ1v) is 11.4. The van der Waals surface area contributed by atoms with Crippen LogP contribution in [0, 0.1) is 11.8 Å². The van der Waals surface area contributed by atoms with Crippen LogP contribution >= 0.6 is 0 Å². The third-order valence-electron chi connectivity index (χ3n) is 7.50. The first-order chi connectivity index (χ1) is 13.6. The zero-order valence-corrected chi connectivity index (χ0v) is 17.5. The number of piperidine rings is 2. The van der Waals surface area contributed by atoms with Gasteiger partial charge in [-0.1, -0.05) is 42.9 Å². The van der Waals surface area contributed by atoms with Crippen LogP contribution in [-0.4, -0.2) is 58.3 Å². The summed E-state index contributed by atoms with van der Waals surface area (Å²) in [7, 11) is 0. The monoisotopic (exact) mass is 380 g/mol. The molecule has 1 aliphatic carbocycles. The topological polar surface area (TPSA) is 26.7 Å². The number of nitrogens with zero attached hydrogens (tertiary/aromatic N) is 2. The first-order valence-electron chi connectivity index (χ1n) is 11.4. The van der Waals surface area contributed by atoms with Crippen LogP contribution in [0.15, 0.2) is 30.3 Å². The average Bonchev–Trinajstić information content (AvgIpc) is 2.76. The highest BCUT2D eigenvalue weighted by molar-refractivity contribution is 5.39. The van der Waals surface area contributed by atoms with E-state index in [2.05, 4.69) is 28.6 Å². The highest BCUT2D eigenvalue weighted by Gasteiger charge is 2.57. The van der Waals surface area contributed by atoms with Gasteiger partial charge in [-0.2, -0.15) is 0 Å². The van der Waals surface area contributed by atoms with Crippen molar-refractivity contribution in [3.63, 3.8) is 0 Å². The normalized spacial score (nSPS) is 35.1. The molecule has 152 valence electrons. The van der Waals surface area contributed by atoms with E-state index in [-0.39, 0.29) is 11.6 Å². The summed E-state index contributed by atoms with van der Waals surface area (Å²) in [4.78, 5) is 5.14. The molecule has 3 heteroatoms. The molecule has 0 radical (unpaired) electrons. The summed E-state index contributed by atoms with van der Waals surface area (Å²) in [6, 6.07) is 10.3. The molecule has 0 amide bonds. The molecule has 1 saturated carbocycles. The summed E-state index contributed by atoms with van der Waals surface area (Å²) in [5.74, 6) is 6.84. The van der Waals surface area contributed by atoms with E-state index in [9.17, 15) is 5.11 Å². The number of aliphatic hydroxyl groups is 1. The number of hydrogen-bond acceptors (Lipinski definition) is 3. The Kier molecular flexibility index (Phi) is 6.11. The first kappa shape index (κ1) is 20.0. The van der Waals surface area contributed by atoms with Crippen LogP contribution in [0.2, 0.25) is 0 Å². The molecule has 3 aliphatic rings. The number of rotatable bonds is 2. The molecule has 3 nitrogen and oxygen atoms in total. The van der Waals surface area contributed by atoms with Crippen LogP contribution in [0.4, 0.5) is 0 Å². The van der Waals surface area contributed by atoms with Gasteiger partial charge in [0.2, 0.25) is 0 Å². The lowest BCUT2D eigenvalue weighted by atomic mass is 9.65. The molecule has 2 saturated heterocycles. The van der Waals surface area contributed by atoms with Crippen molar-refractivity contribution in [2.75, 3.05) is 26.2 Å². The number of hydrogen-bond donors (Lipinski definition) is 1. The predicted octanol–water partition coefficient (Wildman–Crippen LogP) is 4.05. The number of benzene rings is 1. The van der Waals surface area contributed by atoms with Gasteiger partial charge in [0.15, 0.2) is 5.60 Å². The zero-order valence-electron chi connectivity index (χ0n) is 17.5. The molecule has 1 aromatic rings. The minimum absolute atomic E-state index is 0.143. The lowest BCUT2D eigenvalue weighted by Crippen LogP contribution is -2.72. The minimum atomic E-state index is -0.990. The molecule has 3 fully saturated rings. The molecule has 4 rings (SSSR count). The Labute approximate surface area is 171 Å². The smallest absolute Gasteiger partial charge is 0.159 e. The molecule has 0 bridgehead atoms. The van der Waals surface area contributed by atoms with Gasteiger partial charge in [0.1, 0.15) is 0 Å². The Morgan fingerprint density at radius 1 is 0.893 bits per heavy atom. The Bertz CT molecular complexity index is 696. The van der Waals surface area contributed by atoms with Crippen LogP contribution in [0.25, 0.3) is 0 Å². The van der Waals surface area contributed by atoms with E-state index < -0.39 is 5.60 Å². The van der Waals surface area contributed by atoms with Gasteiger partial charge in [-0.15, -0.1) is 0 Å². The van der Waals surface area contributed by atoms with E-state index in [0.717, 1.165) is 44.6 Å². The van der Waals surface area contributed by atoms with E-state index in [1.807, 2.05) is 30.3 Å². The molecule has 1 N–H and O–H groups in total. The highest BCUT2D eigenvalue weighted by atomic mass is 16.3. The van der Waals surface area contributed by atoms with Crippen LogP contribution in [-0.2, 0) is 0 Å². The van der Waals surface area contributed by atoms with Crippen molar-refractivity contribution >= 4 is 0 Å². The quantitative estimate of drug-likeness (QED) is 0.784. The molecule has 2 heterocycles. The molecule has 2 aliphatic heterocycles. The standard InChI is InChI=1S/C25H36N2O/c1-24(27-20-9-4-10-21-27)16-11-14-23(26-18-7-3-8-19-26)25(24,28)17-15-22-12-5-2-6-13-22/h2,5-6,12-13,23,28H,3-4,7-11,14,16,18-21H2,1H3. The predicted molar refractivity (Wildman–Crippen MR) is 115 cm³/mol. The summed E-state index contributed by atoms with van der Waals surface area (Å²) < 4.78 is 0. The third-order valence-corrected chi connectivity index (χ3v) is 7.50. The maximum atomic E-state index is 12.4. The van der Waals surface area contributed by atoms with Crippen molar-refractivity contribution < 1.29 is 5.11 Å². The third kappa shape index (κ3) is 3.75. The van der Waals surface area contributed by atoms with Gasteiger partial charge in [-0.25, -0.2) is 0 Å². The maximum absolute atomic E-state index is 12.4. The molecule has 28 heavy (non-hydrogen) atoms. The van der Waals surface area contributed by atoms with Gasteiger partial charge >= 0.3 is 0 Å². The van der Waals surface area contributed by atoms with Gasteiger partial charge in [0, 0.05) is 5.56 Å². The van der Waals surface area contributed by atoms with Crippen LogP contribution in [0.3, 0.4) is 0 Å². The van der Waals surface area contributed by atoms with Gasteiger partial charge < -0.3 is 5.11 Å². The highest BCUT2D eigenvalue weighted by Crippen LogP contribution is 2.45. The van der Waals surface area contributed by atoms with E-state index in [0.29, 0.717) is 0 Å². The number of likely N-dealkylation sites (tertiary alicyclic amines) is 2. The summed E-state index contributed by atoms with van der Waals surface area (Å²) in [6.45, 7) is 6.71. The van der Waals surface area contributed by atoms with Gasteiger partial charge in [-0.3, -0.25) is 9.80 Å². The Hall–Kier alpha value is -1.34. The van der Waals surface area contributed by atoms with Gasteiger partial charge in [0.25, 0.3) is 0 Å². The second-order valence-electron chi connectivity index (χ2n) is 9.21. The second-order valence-corrected chi connectivity index (χ2v) is 9.21. The Morgan fingerprint density at radius 2 is 1.54 bits per heavy atom. The summed E-state index contributed by atoms with van der Waals surface area (Å²) in [5, 5.41) is 12.4. The van der Waals surface area contributed by atoms with Crippen molar-refractivity contribution in [3.8, 4) is 11.8 Å². The van der Waals surface area contributed by atoms with Crippen molar-refractivity contribution in [2.45, 2.75) is 81.9 Å². The van der Waals surface area contributed by atoms with Crippen LogP contribution < -0.4 is 0 Å². The Balaban J connectivity index is 1.72. The summed E-state index contributed by atoms with van der Waals surface area (Å²) in [5.41, 5.74) is -0.259. The average molecular weight is 381 g/mol. The summed E-state index contributed by atoms with van der Waals surface area (Å²) in [6.07, 6.45) is 10.9. The SMILES string of the molecule is CC1(N2CCCCC2)CCCC(N2CCCCC2)C1(O)C#Cc1ccccc1. The van der Waals surface area contributed by atoms with Crippen molar-refractivity contribution in [1.82, 2.24) is 9.80 Å². The fourth-order valence-corrected chi connectivity index (χ4v) is 5.77. The van der Waals surface area contributed by atoms with Crippen molar-refractivity contribution in [3.05, 3.63) is 35.9 Å². The molecule has 0 aromatic heterocycles. The molecular weight excluding hydrogens is 344 g/mol. The van der Waals surface area contributed by atoms with Crippen LogP contribution in [0.1, 0.15) is 70.3 Å². The minimum Gasteiger partial charge on any atom is -0.374 e. The lowest BCUT2D eigenvalue weighted by molar-refractivity contribution is -0.144. The van der Waals surface area contributed by atoms with E-state index in [1.54, 1.807) is 0 Å². The zero-order chi connectivity index (χ0) is 19.5. The van der Waals surface area contributed by atoms with Crippen LogP contribution in [0.5, 0.6) is 0 Å². The van der Waals surface area contributed by atoms with Gasteiger partial charge in [0.05, 0.1) is 11.6 Å². The fraction of sp³-hybridized carbons (Fsp3) is 0.680. The molecule has 1 aromatic carbocycles. The summed E-state index contributed by atoms with van der Waals surface area (Å²) >= 11 is 0. The van der Waals surface area contributed by atoms with Crippen molar-refractivity contribution in [1.29, 1.82) is 0 Å². The molecule has 0 spiro atoms. The molecule has 3 unspecified atom stereocenters. The van der Waals surface area contributed by atoms with E-state index in [1.165, 1.54) is 44.9 Å². The molecular formula is C25H36N2O. The van der Waals surface area contributed by atoms with E-state index in [4.69, 9.17) is 0 Å². The molecule has 3 atom stereocenters. The van der Waals surface area contributed by atoms with Gasteiger partial charge in [-0.05, 0) is 90.2 Å². The van der Waals surface area contributed by atoms with Crippen molar-refractivity contribution in [2.24, 2.45) is 0 Å². The largest absolute Gasteiger partial charge is 0.374 e. The maximum Gasteiger partial charge on any atom is 0.159 e. The lowest BCUT2D eigenvalue weighted by Gasteiger charge is -2.58. The Morgan fingerprint density at radius 3 is 2.21 bits per heavy atom.